The van der Waals surface area contributed by atoms with Crippen molar-refractivity contribution in [1.82, 2.24) is 0 Å². The first-order chi connectivity index (χ1) is 30.2. The van der Waals surface area contributed by atoms with Crippen molar-refractivity contribution < 1.29 is 43.0 Å². The minimum atomic E-state index is -2.47. The maximum absolute atomic E-state index is 15.0. The normalized spacial score (nSPS) is 22.6. The Bertz CT molecular complexity index is 2850. The highest BCUT2D eigenvalue weighted by Crippen LogP contribution is 2.62. The maximum Gasteiger partial charge on any atom is 0.367 e. The average molecular weight is 901 g/mol. The quantitative estimate of drug-likeness (QED) is 0.107. The zero-order chi connectivity index (χ0) is 42.3. The number of carbonyl (C=O) groups is 6. The SMILES string of the molecule is O=C1C(=Nc2cc3sc4c(c3s2)OC(C(=O)OCc2ccccc2)(C(=O)OCc2ccccc2)c2c-4sc3cc(N=C4C(=O)C5CCCCC5C4=O)sc23)C(=O)C2CCCCC12. The summed E-state index contributed by atoms with van der Waals surface area (Å²) in [5.41, 5.74) is -0.903. The van der Waals surface area contributed by atoms with E-state index in [-0.39, 0.29) is 82.8 Å². The molecule has 4 saturated carbocycles. The van der Waals surface area contributed by atoms with Crippen molar-refractivity contribution in [3.05, 3.63) is 89.5 Å². The van der Waals surface area contributed by atoms with E-state index < -0.39 is 17.5 Å². The molecule has 2 aromatic carbocycles. The summed E-state index contributed by atoms with van der Waals surface area (Å²) >= 11 is 5.12. The van der Waals surface area contributed by atoms with Gasteiger partial charge in [0.05, 0.1) is 29.4 Å². The molecule has 4 aromatic heterocycles. The van der Waals surface area contributed by atoms with Gasteiger partial charge in [-0.3, -0.25) is 19.2 Å². The number of rotatable bonds is 8. The first-order valence-corrected chi connectivity index (χ1v) is 24.0. The van der Waals surface area contributed by atoms with Crippen molar-refractivity contribution in [1.29, 1.82) is 0 Å². The fraction of sp³-hybridized carbons (Fsp3) is 0.319. The number of esters is 2. The third-order valence-corrected chi connectivity index (χ3v) is 17.5. The van der Waals surface area contributed by atoms with Crippen molar-refractivity contribution in [3.63, 3.8) is 0 Å². The molecule has 312 valence electrons. The van der Waals surface area contributed by atoms with E-state index in [0.29, 0.717) is 70.7 Å². The van der Waals surface area contributed by atoms with Crippen LogP contribution in [-0.2, 0) is 57.1 Å². The monoisotopic (exact) mass is 900 g/mol. The van der Waals surface area contributed by atoms with Gasteiger partial charge in [-0.05, 0) is 48.9 Å². The number of nitrogens with zero attached hydrogens (tertiary/aromatic N) is 2. The molecule has 6 aromatic rings. The van der Waals surface area contributed by atoms with Gasteiger partial charge in [0.1, 0.15) is 23.2 Å². The molecule has 5 aliphatic rings. The van der Waals surface area contributed by atoms with Crippen molar-refractivity contribution in [2.24, 2.45) is 33.7 Å². The molecule has 15 heteroatoms. The number of hydrogen-bond donors (Lipinski definition) is 0. The number of thiophene rings is 4. The third-order valence-electron chi connectivity index (χ3n) is 12.7. The molecule has 0 amide bonds. The predicted octanol–water partition coefficient (Wildman–Crippen LogP) is 10.0. The summed E-state index contributed by atoms with van der Waals surface area (Å²) < 4.78 is 21.4. The second-order valence-electron chi connectivity index (χ2n) is 16.4. The highest BCUT2D eigenvalue weighted by atomic mass is 32.1. The summed E-state index contributed by atoms with van der Waals surface area (Å²) in [4.78, 5) is 94.4. The molecule has 4 atom stereocenters. The van der Waals surface area contributed by atoms with Gasteiger partial charge in [-0.2, -0.15) is 0 Å². The van der Waals surface area contributed by atoms with Gasteiger partial charge in [0, 0.05) is 28.4 Å². The Morgan fingerprint density at radius 3 is 1.47 bits per heavy atom. The number of hydrogen-bond acceptors (Lipinski definition) is 15. The molecule has 0 radical (unpaired) electrons. The predicted molar refractivity (Wildman–Crippen MR) is 238 cm³/mol. The van der Waals surface area contributed by atoms with Gasteiger partial charge < -0.3 is 14.2 Å². The van der Waals surface area contributed by atoms with Gasteiger partial charge in [0.2, 0.25) is 0 Å². The minimum absolute atomic E-state index is 0.0196. The lowest BCUT2D eigenvalue weighted by molar-refractivity contribution is -0.183. The van der Waals surface area contributed by atoms with Crippen LogP contribution in [0.5, 0.6) is 5.75 Å². The fourth-order valence-corrected chi connectivity index (χ4v) is 14.8. The van der Waals surface area contributed by atoms with Crippen LogP contribution >= 0.6 is 45.3 Å². The van der Waals surface area contributed by atoms with Crippen LogP contribution in [0.3, 0.4) is 0 Å². The Morgan fingerprint density at radius 1 is 0.581 bits per heavy atom. The molecule has 4 fully saturated rings. The molecule has 0 saturated heterocycles. The summed E-state index contributed by atoms with van der Waals surface area (Å²) in [6.45, 7) is -0.322. The molecule has 62 heavy (non-hydrogen) atoms. The number of ether oxygens (including phenoxy) is 3. The van der Waals surface area contributed by atoms with Crippen molar-refractivity contribution >= 4 is 121 Å². The van der Waals surface area contributed by atoms with Crippen LogP contribution in [0.25, 0.3) is 28.6 Å². The Kier molecular flexibility index (Phi) is 9.78. The van der Waals surface area contributed by atoms with Crippen LogP contribution in [0.15, 0.2) is 82.8 Å². The van der Waals surface area contributed by atoms with Crippen molar-refractivity contribution in [2.45, 2.75) is 70.2 Å². The van der Waals surface area contributed by atoms with Gasteiger partial charge in [-0.1, -0.05) is 86.3 Å². The molecule has 5 heterocycles. The second-order valence-corrected chi connectivity index (χ2v) is 20.6. The Balaban J connectivity index is 1.06. The zero-order valence-electron chi connectivity index (χ0n) is 33.0. The number of Topliss-reactive ketones (excluding diaryl/α,β-unsaturated/α-hetero) is 4. The summed E-state index contributed by atoms with van der Waals surface area (Å²) in [6, 6.07) is 21.8. The van der Waals surface area contributed by atoms with Crippen molar-refractivity contribution in [3.8, 4) is 15.5 Å². The Labute approximate surface area is 370 Å². The summed E-state index contributed by atoms with van der Waals surface area (Å²) in [5, 5.41) is 0.834. The Hall–Kier alpha value is -5.48. The molecule has 4 unspecified atom stereocenters. The lowest BCUT2D eigenvalue weighted by Gasteiger charge is -2.33. The van der Waals surface area contributed by atoms with E-state index in [1.165, 1.54) is 45.3 Å². The highest BCUT2D eigenvalue weighted by molar-refractivity contribution is 7.36. The van der Waals surface area contributed by atoms with Gasteiger partial charge in [-0.25, -0.2) is 19.6 Å². The summed E-state index contributed by atoms with van der Waals surface area (Å²) in [5.74, 6) is -3.90. The zero-order valence-corrected chi connectivity index (χ0v) is 36.3. The molecular formula is C47H36N2O9S4. The number of fused-ring (bicyclic) bond motifs is 9. The van der Waals surface area contributed by atoms with Gasteiger partial charge in [0.25, 0.3) is 0 Å². The third kappa shape index (κ3) is 6.29. The summed E-state index contributed by atoms with van der Waals surface area (Å²) in [7, 11) is 0. The van der Waals surface area contributed by atoms with Crippen LogP contribution in [0.2, 0.25) is 0 Å². The standard InChI is InChI=1S/C47H36N2O9S4/c50-36-25-15-7-8-16-26(25)37(51)34(36)48-31-19-29-41(61-31)33-43(59-29)44-40(42-30(60-44)20-32(62-42)49-35-38(52)27-17-9-10-18-28(27)39(35)53)58-47(33,45(54)56-21-23-11-3-1-4-12-23)46(55)57-22-24-13-5-2-6-14-24/h1-6,11-14,19-20,25-28H,7-10,15-18,21-22H2. The molecule has 4 aliphatic carbocycles. The number of ketones is 4. The van der Waals surface area contributed by atoms with Gasteiger partial charge in [0.15, 0.2) is 40.3 Å². The van der Waals surface area contributed by atoms with E-state index >= 15 is 9.59 Å². The van der Waals surface area contributed by atoms with E-state index in [9.17, 15) is 19.2 Å². The van der Waals surface area contributed by atoms with Crippen LogP contribution in [0.4, 0.5) is 10.0 Å². The van der Waals surface area contributed by atoms with E-state index in [1.54, 1.807) is 30.3 Å². The highest BCUT2D eigenvalue weighted by Gasteiger charge is 2.60. The fourth-order valence-electron chi connectivity index (χ4n) is 9.69. The van der Waals surface area contributed by atoms with E-state index in [1.807, 2.05) is 42.5 Å². The van der Waals surface area contributed by atoms with Gasteiger partial charge >= 0.3 is 17.5 Å². The molecule has 0 bridgehead atoms. The first-order valence-electron chi connectivity index (χ1n) is 20.8. The number of carbonyl (C=O) groups excluding carboxylic acids is 6. The molecule has 11 rings (SSSR count). The Morgan fingerprint density at radius 2 is 1.00 bits per heavy atom. The lowest BCUT2D eigenvalue weighted by Crippen LogP contribution is -2.52. The lowest BCUT2D eigenvalue weighted by atomic mass is 9.81. The van der Waals surface area contributed by atoms with Crippen LogP contribution < -0.4 is 4.74 Å². The van der Waals surface area contributed by atoms with E-state index in [0.717, 1.165) is 30.4 Å². The maximum atomic E-state index is 15.0. The number of aliphatic imine (C=N–C) groups is 2. The smallest absolute Gasteiger partial charge is 0.367 e. The average Bonchev–Trinajstić information content (AvgIpc) is 4.13. The van der Waals surface area contributed by atoms with Crippen LogP contribution in [0, 0.1) is 23.7 Å². The van der Waals surface area contributed by atoms with Crippen LogP contribution in [0.1, 0.15) is 68.1 Å². The van der Waals surface area contributed by atoms with Gasteiger partial charge in [-0.15, -0.1) is 45.3 Å². The van der Waals surface area contributed by atoms with Crippen molar-refractivity contribution in [2.75, 3.05) is 0 Å². The topological polar surface area (TPSA) is 155 Å². The minimum Gasteiger partial charge on any atom is -0.457 e. The van der Waals surface area contributed by atoms with E-state index in [2.05, 4.69) is 9.98 Å². The summed E-state index contributed by atoms with van der Waals surface area (Å²) in [6.07, 6.45) is 6.33. The van der Waals surface area contributed by atoms with E-state index in [4.69, 9.17) is 14.2 Å². The molecule has 11 nitrogen and oxygen atoms in total. The molecule has 0 N–H and O–H groups in total. The molecule has 0 spiro atoms. The number of benzene rings is 2. The molecular weight excluding hydrogens is 865 g/mol. The largest absolute Gasteiger partial charge is 0.457 e. The molecule has 1 aliphatic heterocycles. The second kappa shape index (κ2) is 15.4. The first kappa shape index (κ1) is 39.4. The van der Waals surface area contributed by atoms with Crippen LogP contribution in [-0.4, -0.2) is 46.5 Å².